The molecule has 0 aromatic carbocycles. The predicted octanol–water partition coefficient (Wildman–Crippen LogP) is -4.02. The zero-order valence-electron chi connectivity index (χ0n) is 7.32. The van der Waals surface area contributed by atoms with Crippen molar-refractivity contribution in [2.75, 3.05) is 13.2 Å². The highest BCUT2D eigenvalue weighted by Gasteiger charge is 2.32. The lowest BCUT2D eigenvalue weighted by molar-refractivity contribution is -0.150. The standard InChI is InChI=1S/C7H14O7/c8-1-3(10)5(12)7(14)6(13)4(11)2-9/h3-6,8-13H,1-2H2/t3-,4?,5-,6+/m1/s1. The van der Waals surface area contributed by atoms with Gasteiger partial charge in [-0.1, -0.05) is 0 Å². The predicted molar refractivity (Wildman–Crippen MR) is 43.2 cm³/mol. The molecule has 0 aliphatic carbocycles. The smallest absolute Gasteiger partial charge is 0.195 e. The van der Waals surface area contributed by atoms with Crippen molar-refractivity contribution in [2.45, 2.75) is 24.4 Å². The van der Waals surface area contributed by atoms with Crippen LogP contribution in [0.3, 0.4) is 0 Å². The van der Waals surface area contributed by atoms with Crippen LogP contribution >= 0.6 is 0 Å². The van der Waals surface area contributed by atoms with Crippen LogP contribution in [0.25, 0.3) is 0 Å². The second kappa shape index (κ2) is 6.02. The summed E-state index contributed by atoms with van der Waals surface area (Å²) < 4.78 is 0. The van der Waals surface area contributed by atoms with Crippen molar-refractivity contribution in [3.05, 3.63) is 0 Å². The molecule has 0 amide bonds. The Bertz CT molecular complexity index is 165. The maximum atomic E-state index is 11.0. The molecule has 4 atom stereocenters. The van der Waals surface area contributed by atoms with E-state index in [-0.39, 0.29) is 0 Å². The van der Waals surface area contributed by atoms with Crippen molar-refractivity contribution in [3.63, 3.8) is 0 Å². The molecule has 0 saturated carbocycles. The van der Waals surface area contributed by atoms with Crippen LogP contribution in [-0.2, 0) is 4.79 Å². The van der Waals surface area contributed by atoms with Gasteiger partial charge in [0.1, 0.15) is 24.4 Å². The maximum absolute atomic E-state index is 11.0. The lowest BCUT2D eigenvalue weighted by atomic mass is 10.0. The summed E-state index contributed by atoms with van der Waals surface area (Å²) in [6.07, 6.45) is -7.42. The summed E-state index contributed by atoms with van der Waals surface area (Å²) in [7, 11) is 0. The summed E-state index contributed by atoms with van der Waals surface area (Å²) in [5, 5.41) is 52.4. The number of rotatable bonds is 6. The number of carbonyl (C=O) groups is 1. The fourth-order valence-electron chi connectivity index (χ4n) is 0.754. The number of carbonyl (C=O) groups excluding carboxylic acids is 1. The number of hydrogen-bond acceptors (Lipinski definition) is 7. The minimum atomic E-state index is -1.99. The molecule has 84 valence electrons. The molecule has 0 aliphatic rings. The van der Waals surface area contributed by atoms with E-state index in [2.05, 4.69) is 0 Å². The van der Waals surface area contributed by atoms with Crippen LogP contribution in [0.4, 0.5) is 0 Å². The van der Waals surface area contributed by atoms with Crippen molar-refractivity contribution in [1.82, 2.24) is 0 Å². The normalized spacial score (nSPS) is 19.9. The van der Waals surface area contributed by atoms with Crippen molar-refractivity contribution >= 4 is 5.78 Å². The van der Waals surface area contributed by atoms with Crippen LogP contribution in [0.2, 0.25) is 0 Å². The molecule has 14 heavy (non-hydrogen) atoms. The number of aliphatic hydroxyl groups is 6. The first-order valence-corrected chi connectivity index (χ1v) is 3.93. The Kier molecular flexibility index (Phi) is 5.77. The van der Waals surface area contributed by atoms with E-state index < -0.39 is 43.4 Å². The molecule has 7 nitrogen and oxygen atoms in total. The molecule has 0 spiro atoms. The van der Waals surface area contributed by atoms with Gasteiger partial charge in [0.25, 0.3) is 0 Å². The third kappa shape index (κ3) is 3.29. The van der Waals surface area contributed by atoms with Gasteiger partial charge in [-0.25, -0.2) is 0 Å². The molecule has 0 bridgehead atoms. The number of aliphatic hydroxyl groups excluding tert-OH is 6. The zero-order valence-corrected chi connectivity index (χ0v) is 7.32. The minimum absolute atomic E-state index is 0.852. The molecule has 0 saturated heterocycles. The Balaban J connectivity index is 4.31. The molecule has 0 radical (unpaired) electrons. The third-order valence-corrected chi connectivity index (χ3v) is 1.69. The van der Waals surface area contributed by atoms with E-state index in [9.17, 15) is 4.79 Å². The largest absolute Gasteiger partial charge is 0.394 e. The fourth-order valence-corrected chi connectivity index (χ4v) is 0.754. The van der Waals surface area contributed by atoms with Crippen LogP contribution in [0.15, 0.2) is 0 Å². The van der Waals surface area contributed by atoms with E-state index >= 15 is 0 Å². The summed E-state index contributed by atoms with van der Waals surface area (Å²) in [4.78, 5) is 11.0. The Hall–Kier alpha value is -0.570. The summed E-state index contributed by atoms with van der Waals surface area (Å²) in [5.74, 6) is -1.26. The molecule has 0 aromatic heterocycles. The highest BCUT2D eigenvalue weighted by atomic mass is 16.4. The highest BCUT2D eigenvalue weighted by Crippen LogP contribution is 2.02. The monoisotopic (exact) mass is 210 g/mol. The van der Waals surface area contributed by atoms with Gasteiger partial charge >= 0.3 is 0 Å². The quantitative estimate of drug-likeness (QED) is 0.262. The highest BCUT2D eigenvalue weighted by molar-refractivity contribution is 5.88. The third-order valence-electron chi connectivity index (χ3n) is 1.69. The molecular formula is C7H14O7. The van der Waals surface area contributed by atoms with Gasteiger partial charge in [0.2, 0.25) is 0 Å². The van der Waals surface area contributed by atoms with Gasteiger partial charge in [0.05, 0.1) is 13.2 Å². The Morgan fingerprint density at radius 3 is 1.36 bits per heavy atom. The van der Waals surface area contributed by atoms with Crippen molar-refractivity contribution in [1.29, 1.82) is 0 Å². The first kappa shape index (κ1) is 13.4. The van der Waals surface area contributed by atoms with Gasteiger partial charge in [0.15, 0.2) is 5.78 Å². The van der Waals surface area contributed by atoms with Crippen molar-refractivity contribution in [3.8, 4) is 0 Å². The average Bonchev–Trinajstić information content (AvgIpc) is 2.23. The van der Waals surface area contributed by atoms with E-state index in [1.54, 1.807) is 0 Å². The molecule has 0 fully saturated rings. The van der Waals surface area contributed by atoms with E-state index in [4.69, 9.17) is 30.6 Å². The lowest BCUT2D eigenvalue weighted by Gasteiger charge is -2.20. The molecule has 1 unspecified atom stereocenters. The fraction of sp³-hybridized carbons (Fsp3) is 0.857. The van der Waals surface area contributed by atoms with Crippen LogP contribution in [0, 0.1) is 0 Å². The average molecular weight is 210 g/mol. The van der Waals surface area contributed by atoms with Crippen LogP contribution in [-0.4, -0.2) is 74.1 Å². The van der Waals surface area contributed by atoms with Gasteiger partial charge in [0, 0.05) is 0 Å². The molecule has 0 aromatic rings. The van der Waals surface area contributed by atoms with E-state index in [0.29, 0.717) is 0 Å². The number of Topliss-reactive ketones (excluding diaryl/α,β-unsaturated/α-hetero) is 1. The molecule has 0 rings (SSSR count). The van der Waals surface area contributed by atoms with Gasteiger partial charge in [-0.15, -0.1) is 0 Å². The Morgan fingerprint density at radius 1 is 0.857 bits per heavy atom. The first-order chi connectivity index (χ1) is 6.45. The van der Waals surface area contributed by atoms with Crippen LogP contribution in [0.5, 0.6) is 0 Å². The van der Waals surface area contributed by atoms with E-state index in [0.717, 1.165) is 0 Å². The summed E-state index contributed by atoms with van der Waals surface area (Å²) in [6, 6.07) is 0. The SMILES string of the molecule is O=C([C@@H](O)C(O)CO)[C@H](O)[C@H](O)CO. The van der Waals surface area contributed by atoms with Gasteiger partial charge in [-0.3, -0.25) is 4.79 Å². The van der Waals surface area contributed by atoms with Crippen molar-refractivity contribution in [2.24, 2.45) is 0 Å². The van der Waals surface area contributed by atoms with Crippen LogP contribution in [0.1, 0.15) is 0 Å². The number of hydrogen-bond donors (Lipinski definition) is 6. The molecule has 0 heterocycles. The maximum Gasteiger partial charge on any atom is 0.195 e. The zero-order chi connectivity index (χ0) is 11.3. The molecule has 7 heteroatoms. The Morgan fingerprint density at radius 2 is 1.14 bits per heavy atom. The second-order valence-electron chi connectivity index (χ2n) is 2.79. The summed E-state index contributed by atoms with van der Waals surface area (Å²) in [5.41, 5.74) is 0. The summed E-state index contributed by atoms with van der Waals surface area (Å²) in [6.45, 7) is -1.70. The molecular weight excluding hydrogens is 196 g/mol. The molecule has 0 aliphatic heterocycles. The Labute approximate surface area is 79.9 Å². The van der Waals surface area contributed by atoms with Gasteiger partial charge < -0.3 is 30.6 Å². The number of ketones is 1. The second-order valence-corrected chi connectivity index (χ2v) is 2.79. The molecule has 6 N–H and O–H groups in total. The summed E-state index contributed by atoms with van der Waals surface area (Å²) >= 11 is 0. The van der Waals surface area contributed by atoms with E-state index in [1.807, 2.05) is 0 Å². The topological polar surface area (TPSA) is 138 Å². The lowest BCUT2D eigenvalue weighted by Crippen LogP contribution is -2.47. The van der Waals surface area contributed by atoms with Gasteiger partial charge in [-0.05, 0) is 0 Å². The van der Waals surface area contributed by atoms with Crippen LogP contribution < -0.4 is 0 Å². The van der Waals surface area contributed by atoms with Crippen molar-refractivity contribution < 1.29 is 35.4 Å². The van der Waals surface area contributed by atoms with E-state index in [1.165, 1.54) is 0 Å². The minimum Gasteiger partial charge on any atom is -0.394 e. The van der Waals surface area contributed by atoms with Gasteiger partial charge in [-0.2, -0.15) is 0 Å². The first-order valence-electron chi connectivity index (χ1n) is 3.93.